The van der Waals surface area contributed by atoms with Gasteiger partial charge in [-0.3, -0.25) is 4.79 Å². The van der Waals surface area contributed by atoms with Crippen LogP contribution in [0, 0.1) is 5.39 Å². The third-order valence-electron chi connectivity index (χ3n) is 3.92. The Bertz CT molecular complexity index is 897. The average Bonchev–Trinajstić information content (AvgIpc) is 3.01. The second-order valence-electron chi connectivity index (χ2n) is 5.68. The van der Waals surface area contributed by atoms with Crippen LogP contribution in [0.15, 0.2) is 72.8 Å². The number of fused-ring (bicyclic) bond motifs is 3. The molecule has 0 aliphatic heterocycles. The Morgan fingerprint density at radius 1 is 0.880 bits per heavy atom. The van der Waals surface area contributed by atoms with E-state index in [4.69, 9.17) is 10.1 Å². The van der Waals surface area contributed by atoms with Gasteiger partial charge in [0.15, 0.2) is 4.98 Å². The highest BCUT2D eigenvalue weighted by molar-refractivity contribution is 5.76. The Labute approximate surface area is 146 Å². The molecule has 1 aliphatic rings. The average molecular weight is 329 g/mol. The molecule has 0 amide bonds. The van der Waals surface area contributed by atoms with Gasteiger partial charge in [0.05, 0.1) is 0 Å². The zero-order chi connectivity index (χ0) is 17.6. The molecule has 0 bridgehead atoms. The van der Waals surface area contributed by atoms with Crippen LogP contribution in [-0.2, 0) is 11.2 Å². The fourth-order valence-corrected chi connectivity index (χ4v) is 2.83. The van der Waals surface area contributed by atoms with Gasteiger partial charge in [0.25, 0.3) is 0 Å². The maximum absolute atomic E-state index is 10.5. The van der Waals surface area contributed by atoms with Crippen molar-refractivity contribution in [3.05, 3.63) is 88.9 Å². The summed E-state index contributed by atoms with van der Waals surface area (Å²) in [5, 5.41) is 8.33. The van der Waals surface area contributed by atoms with Gasteiger partial charge in [0, 0.05) is 19.1 Å². The first-order valence-corrected chi connectivity index (χ1v) is 7.97. The maximum atomic E-state index is 10.5. The van der Waals surface area contributed by atoms with E-state index in [0.717, 1.165) is 6.42 Å². The number of carbonyl (C=O) groups is 1. The molecule has 25 heavy (non-hydrogen) atoms. The minimum absolute atomic E-state index is 0.372. The fourth-order valence-electron chi connectivity index (χ4n) is 2.83. The van der Waals surface area contributed by atoms with E-state index in [1.165, 1.54) is 41.3 Å². The molecule has 4 heteroatoms. The molecule has 0 fully saturated rings. The van der Waals surface area contributed by atoms with Gasteiger partial charge in [0.2, 0.25) is 5.39 Å². The van der Waals surface area contributed by atoms with Crippen molar-refractivity contribution < 1.29 is 9.53 Å². The molecule has 0 atom stereocenters. The van der Waals surface area contributed by atoms with E-state index < -0.39 is 0 Å². The molecule has 3 aromatic carbocycles. The number of diazo groups is 1. The monoisotopic (exact) mass is 329 g/mol. The summed E-state index contributed by atoms with van der Waals surface area (Å²) in [6.45, 7) is 1.32. The molecule has 0 radical (unpaired) electrons. The van der Waals surface area contributed by atoms with Crippen molar-refractivity contribution in [3.63, 3.8) is 0 Å². The largest absolute Gasteiger partial charge is 0.427 e. The van der Waals surface area contributed by atoms with Gasteiger partial charge in [-0.25, -0.2) is 0 Å². The summed E-state index contributed by atoms with van der Waals surface area (Å²) < 4.78 is 4.75. The molecular weight excluding hydrogens is 312 g/mol. The van der Waals surface area contributed by atoms with E-state index in [9.17, 15) is 4.79 Å². The molecule has 0 heterocycles. The van der Waals surface area contributed by atoms with Crippen LogP contribution in [0.1, 0.15) is 18.1 Å². The SMILES string of the molecule is CC(=O)Oc1ccc([N+]#N)cc1.c1ccc2c(c1)Cc1ccccc1-2. The van der Waals surface area contributed by atoms with E-state index >= 15 is 0 Å². The van der Waals surface area contributed by atoms with Crippen LogP contribution in [0.5, 0.6) is 5.75 Å². The molecule has 1 aliphatic carbocycles. The summed E-state index contributed by atoms with van der Waals surface area (Å²) in [6, 6.07) is 23.5. The summed E-state index contributed by atoms with van der Waals surface area (Å²) in [6.07, 6.45) is 1.10. The lowest BCUT2D eigenvalue weighted by atomic mass is 10.1. The number of rotatable bonds is 1. The number of esters is 1. The Balaban J connectivity index is 0.000000147. The Morgan fingerprint density at radius 2 is 1.40 bits per heavy atom. The van der Waals surface area contributed by atoms with Gasteiger partial charge in [0.1, 0.15) is 5.75 Å². The van der Waals surface area contributed by atoms with Crippen LogP contribution in [0.2, 0.25) is 0 Å². The van der Waals surface area contributed by atoms with Crippen LogP contribution < -0.4 is 4.74 Å². The molecule has 3 aromatic rings. The Kier molecular flexibility index (Phi) is 4.87. The first kappa shape index (κ1) is 16.4. The van der Waals surface area contributed by atoms with Crippen LogP contribution in [-0.4, -0.2) is 5.97 Å². The van der Waals surface area contributed by atoms with Crippen molar-refractivity contribution in [3.8, 4) is 16.9 Å². The summed E-state index contributed by atoms with van der Waals surface area (Å²) in [5.74, 6) is 0.0681. The van der Waals surface area contributed by atoms with Gasteiger partial charge >= 0.3 is 11.7 Å². The lowest BCUT2D eigenvalue weighted by Crippen LogP contribution is -2.00. The summed E-state index contributed by atoms with van der Waals surface area (Å²) >= 11 is 0. The minimum atomic E-state index is -0.372. The first-order valence-electron chi connectivity index (χ1n) is 7.97. The summed E-state index contributed by atoms with van der Waals surface area (Å²) in [7, 11) is 0. The van der Waals surface area contributed by atoms with Gasteiger partial charge in [-0.2, -0.15) is 0 Å². The molecule has 0 unspecified atom stereocenters. The number of carbonyl (C=O) groups excluding carboxylic acids is 1. The molecule has 0 saturated heterocycles. The number of nitrogens with zero attached hydrogens (tertiary/aromatic N) is 2. The standard InChI is InChI=1S/C13H10.C8H7N2O2/c1-3-7-12-10(5-1)9-11-6-2-4-8-13(11)12;1-6(11)12-8-4-2-7(10-9)3-5-8/h1-8H,9H2;2-5H,1H3/q;+1. The number of benzene rings is 3. The number of hydrogen-bond donors (Lipinski definition) is 0. The topological polar surface area (TPSA) is 54.5 Å². The predicted octanol–water partition coefficient (Wildman–Crippen LogP) is 5.35. The molecule has 4 nitrogen and oxygen atoms in total. The maximum Gasteiger partial charge on any atom is 0.385 e. The van der Waals surface area contributed by atoms with Crippen LogP contribution in [0.4, 0.5) is 5.69 Å². The number of ether oxygens (including phenoxy) is 1. The van der Waals surface area contributed by atoms with Crippen molar-refractivity contribution in [2.75, 3.05) is 0 Å². The highest BCUT2D eigenvalue weighted by atomic mass is 16.5. The van der Waals surface area contributed by atoms with Gasteiger partial charge < -0.3 is 4.74 Å². The van der Waals surface area contributed by atoms with Gasteiger partial charge in [-0.15, -0.1) is 0 Å². The molecular formula is C21H17N2O2+. The molecule has 0 N–H and O–H groups in total. The summed E-state index contributed by atoms with van der Waals surface area (Å²) in [4.78, 5) is 13.4. The lowest BCUT2D eigenvalue weighted by Gasteiger charge is -1.98. The highest BCUT2D eigenvalue weighted by Gasteiger charge is 2.15. The summed E-state index contributed by atoms with van der Waals surface area (Å²) in [5.41, 5.74) is 6.18. The minimum Gasteiger partial charge on any atom is -0.427 e. The van der Waals surface area contributed by atoms with E-state index in [1.807, 2.05) is 0 Å². The van der Waals surface area contributed by atoms with Crippen LogP contribution >= 0.6 is 0 Å². The fraction of sp³-hybridized carbons (Fsp3) is 0.0952. The Hall–Kier alpha value is -3.45. The molecule has 122 valence electrons. The molecule has 0 aromatic heterocycles. The van der Waals surface area contributed by atoms with E-state index in [1.54, 1.807) is 12.1 Å². The third kappa shape index (κ3) is 3.91. The van der Waals surface area contributed by atoms with Crippen molar-refractivity contribution in [2.45, 2.75) is 13.3 Å². The molecule has 0 spiro atoms. The van der Waals surface area contributed by atoms with Crippen LogP contribution in [0.3, 0.4) is 0 Å². The van der Waals surface area contributed by atoms with Crippen molar-refractivity contribution in [1.82, 2.24) is 0 Å². The smallest absolute Gasteiger partial charge is 0.385 e. The van der Waals surface area contributed by atoms with Gasteiger partial charge in [-0.05, 0) is 40.8 Å². The zero-order valence-electron chi connectivity index (χ0n) is 13.8. The second kappa shape index (κ2) is 7.41. The normalized spacial score (nSPS) is 10.6. The lowest BCUT2D eigenvalue weighted by molar-refractivity contribution is -0.131. The van der Waals surface area contributed by atoms with Crippen molar-refractivity contribution in [1.29, 1.82) is 5.39 Å². The Morgan fingerprint density at radius 3 is 1.88 bits per heavy atom. The molecule has 4 rings (SSSR count). The van der Waals surface area contributed by atoms with Gasteiger partial charge in [-0.1, -0.05) is 48.5 Å². The second-order valence-corrected chi connectivity index (χ2v) is 5.68. The van der Waals surface area contributed by atoms with E-state index in [-0.39, 0.29) is 5.97 Å². The third-order valence-corrected chi connectivity index (χ3v) is 3.92. The highest BCUT2D eigenvalue weighted by Crippen LogP contribution is 2.35. The first-order chi connectivity index (χ1) is 12.2. The zero-order valence-corrected chi connectivity index (χ0v) is 13.8. The molecule has 0 saturated carbocycles. The van der Waals surface area contributed by atoms with Crippen molar-refractivity contribution >= 4 is 11.7 Å². The predicted molar refractivity (Wildman–Crippen MR) is 97.2 cm³/mol. The van der Waals surface area contributed by atoms with E-state index in [0.29, 0.717) is 11.4 Å². The van der Waals surface area contributed by atoms with Crippen LogP contribution in [0.25, 0.3) is 16.1 Å². The van der Waals surface area contributed by atoms with Crippen molar-refractivity contribution in [2.24, 2.45) is 0 Å². The quantitative estimate of drug-likeness (QED) is 0.268. The van der Waals surface area contributed by atoms with E-state index in [2.05, 4.69) is 53.5 Å². The number of hydrogen-bond acceptors (Lipinski definition) is 3.